The average molecular weight is 509 g/mol. The van der Waals surface area contributed by atoms with E-state index in [1.54, 1.807) is 12.4 Å². The van der Waals surface area contributed by atoms with Crippen LogP contribution in [0.3, 0.4) is 0 Å². The number of benzene rings is 1. The molecular formula is C16H20AcN5-. The SMILES string of the molecule is [Ac].[NH-]Cc1ccc(CN2CCN(c3cnccn3)CC2)cc1. The Morgan fingerprint density at radius 3 is 2.23 bits per heavy atom. The van der Waals surface area contributed by atoms with Crippen LogP contribution >= 0.6 is 0 Å². The van der Waals surface area contributed by atoms with Gasteiger partial charge in [-0.2, -0.15) is 0 Å². The van der Waals surface area contributed by atoms with Crippen LogP contribution in [-0.4, -0.2) is 41.0 Å². The number of rotatable bonds is 4. The summed E-state index contributed by atoms with van der Waals surface area (Å²) in [4.78, 5) is 13.2. The molecule has 2 heterocycles. The second-order valence-corrected chi connectivity index (χ2v) is 5.32. The number of hydrogen-bond donors (Lipinski definition) is 0. The van der Waals surface area contributed by atoms with E-state index < -0.39 is 0 Å². The Balaban J connectivity index is 0.00000176. The molecule has 1 saturated heterocycles. The molecule has 0 atom stereocenters. The summed E-state index contributed by atoms with van der Waals surface area (Å²) in [6, 6.07) is 8.38. The normalized spacial score (nSPS) is 15.4. The fourth-order valence-corrected chi connectivity index (χ4v) is 2.61. The first-order valence-corrected chi connectivity index (χ1v) is 7.31. The van der Waals surface area contributed by atoms with Gasteiger partial charge in [0.05, 0.1) is 6.20 Å². The molecule has 6 heteroatoms. The number of nitrogens with one attached hydrogen (secondary N) is 1. The van der Waals surface area contributed by atoms with Crippen molar-refractivity contribution >= 4 is 5.82 Å². The van der Waals surface area contributed by atoms with Crippen molar-refractivity contribution in [3.63, 3.8) is 0 Å². The van der Waals surface area contributed by atoms with Crippen molar-refractivity contribution in [2.75, 3.05) is 31.1 Å². The second-order valence-electron chi connectivity index (χ2n) is 5.32. The maximum atomic E-state index is 7.34. The molecule has 113 valence electrons. The van der Waals surface area contributed by atoms with Crippen molar-refractivity contribution in [1.29, 1.82) is 0 Å². The van der Waals surface area contributed by atoms with E-state index in [2.05, 4.69) is 44.0 Å². The van der Waals surface area contributed by atoms with Crippen molar-refractivity contribution < 1.29 is 44.1 Å². The van der Waals surface area contributed by atoms with E-state index in [4.69, 9.17) is 5.73 Å². The minimum absolute atomic E-state index is 0. The molecule has 2 aromatic rings. The van der Waals surface area contributed by atoms with Crippen LogP contribution in [0.4, 0.5) is 5.82 Å². The molecule has 5 nitrogen and oxygen atoms in total. The van der Waals surface area contributed by atoms with Crippen LogP contribution in [0.5, 0.6) is 0 Å². The molecule has 1 N–H and O–H groups in total. The van der Waals surface area contributed by atoms with Gasteiger partial charge in [0.25, 0.3) is 0 Å². The summed E-state index contributed by atoms with van der Waals surface area (Å²) < 4.78 is 0. The zero-order valence-electron chi connectivity index (χ0n) is 12.7. The molecule has 1 fully saturated rings. The molecule has 0 amide bonds. The van der Waals surface area contributed by atoms with Crippen molar-refractivity contribution in [2.24, 2.45) is 0 Å². The van der Waals surface area contributed by atoms with E-state index in [9.17, 15) is 0 Å². The van der Waals surface area contributed by atoms with Gasteiger partial charge in [0.15, 0.2) is 0 Å². The Kier molecular flexibility index (Phi) is 7.23. The molecule has 0 saturated carbocycles. The molecule has 1 aliphatic rings. The maximum absolute atomic E-state index is 7.34. The van der Waals surface area contributed by atoms with Crippen LogP contribution in [0.2, 0.25) is 0 Å². The minimum Gasteiger partial charge on any atom is -0.674 e. The van der Waals surface area contributed by atoms with E-state index in [1.807, 2.05) is 6.20 Å². The van der Waals surface area contributed by atoms with Gasteiger partial charge in [-0.1, -0.05) is 29.8 Å². The zero-order chi connectivity index (χ0) is 14.5. The van der Waals surface area contributed by atoms with E-state index in [1.165, 1.54) is 5.56 Å². The van der Waals surface area contributed by atoms with Crippen molar-refractivity contribution in [3.8, 4) is 0 Å². The van der Waals surface area contributed by atoms with Crippen LogP contribution < -0.4 is 4.90 Å². The van der Waals surface area contributed by atoms with Gasteiger partial charge in [-0.05, 0) is 5.56 Å². The molecule has 0 bridgehead atoms. The van der Waals surface area contributed by atoms with Gasteiger partial charge < -0.3 is 10.6 Å². The summed E-state index contributed by atoms with van der Waals surface area (Å²) in [7, 11) is 0. The van der Waals surface area contributed by atoms with E-state index in [0.29, 0.717) is 6.54 Å². The van der Waals surface area contributed by atoms with Crippen LogP contribution in [0, 0.1) is 44.1 Å². The smallest absolute Gasteiger partial charge is 0.147 e. The van der Waals surface area contributed by atoms with Crippen molar-refractivity contribution in [3.05, 3.63) is 59.7 Å². The van der Waals surface area contributed by atoms with E-state index >= 15 is 0 Å². The number of aromatic nitrogens is 2. The third-order valence-corrected chi connectivity index (χ3v) is 3.88. The summed E-state index contributed by atoms with van der Waals surface area (Å²) >= 11 is 0. The predicted octanol–water partition coefficient (Wildman–Crippen LogP) is 2.35. The van der Waals surface area contributed by atoms with Gasteiger partial charge in [0, 0.05) is 89.2 Å². The summed E-state index contributed by atoms with van der Waals surface area (Å²) in [6.45, 7) is 5.39. The maximum Gasteiger partial charge on any atom is 0.147 e. The molecule has 0 aliphatic carbocycles. The minimum atomic E-state index is 0. The molecule has 22 heavy (non-hydrogen) atoms. The molecule has 3 rings (SSSR count). The monoisotopic (exact) mass is 509 g/mol. The van der Waals surface area contributed by atoms with Gasteiger partial charge in [-0.15, -0.1) is 6.54 Å². The standard InChI is InChI=1S/C16H20N5.Ac/c17-11-14-1-3-15(4-2-14)13-20-7-9-21(10-8-20)16-12-18-5-6-19-16;/h1-6,12,17H,7-11,13H2;/q-1;. The summed E-state index contributed by atoms with van der Waals surface area (Å²) in [6.07, 6.45) is 5.28. The molecule has 0 unspecified atom stereocenters. The van der Waals surface area contributed by atoms with Gasteiger partial charge >= 0.3 is 0 Å². The summed E-state index contributed by atoms with van der Waals surface area (Å²) in [5.74, 6) is 0.969. The van der Waals surface area contributed by atoms with E-state index in [-0.39, 0.29) is 44.1 Å². The molecular weight excluding hydrogens is 489 g/mol. The number of hydrogen-bond acceptors (Lipinski definition) is 4. The molecule has 0 spiro atoms. The quantitative estimate of drug-likeness (QED) is 0.636. The summed E-state index contributed by atoms with van der Waals surface area (Å²) in [5.41, 5.74) is 9.74. The topological polar surface area (TPSA) is 56.1 Å². The third-order valence-electron chi connectivity index (χ3n) is 3.88. The second kappa shape index (κ2) is 8.93. The first-order chi connectivity index (χ1) is 10.3. The van der Waals surface area contributed by atoms with Crippen molar-refractivity contribution in [2.45, 2.75) is 13.1 Å². The Bertz CT molecular complexity index is 553. The van der Waals surface area contributed by atoms with Crippen LogP contribution in [0.1, 0.15) is 11.1 Å². The van der Waals surface area contributed by atoms with Crippen LogP contribution in [-0.2, 0) is 13.1 Å². The fraction of sp³-hybridized carbons (Fsp3) is 0.375. The Labute approximate surface area is 167 Å². The van der Waals surface area contributed by atoms with Gasteiger partial charge in [-0.3, -0.25) is 9.88 Å². The number of nitrogens with zero attached hydrogens (tertiary/aromatic N) is 4. The first-order valence-electron chi connectivity index (χ1n) is 7.31. The average Bonchev–Trinajstić information content (AvgIpc) is 2.57. The van der Waals surface area contributed by atoms with Crippen LogP contribution in [0.15, 0.2) is 42.9 Å². The largest absolute Gasteiger partial charge is 0.674 e. The Morgan fingerprint density at radius 1 is 0.955 bits per heavy atom. The van der Waals surface area contributed by atoms with Crippen LogP contribution in [0.25, 0.3) is 5.73 Å². The summed E-state index contributed by atoms with van der Waals surface area (Å²) in [5, 5.41) is 0. The van der Waals surface area contributed by atoms with E-state index in [0.717, 1.165) is 44.1 Å². The zero-order valence-corrected chi connectivity index (χ0v) is 17.4. The molecule has 1 aliphatic heterocycles. The molecule has 1 aromatic carbocycles. The number of piperazine rings is 1. The first kappa shape index (κ1) is 17.8. The van der Waals surface area contributed by atoms with Gasteiger partial charge in [0.2, 0.25) is 0 Å². The third kappa shape index (κ3) is 4.73. The van der Waals surface area contributed by atoms with Crippen molar-refractivity contribution in [1.82, 2.24) is 14.9 Å². The molecule has 1 radical (unpaired) electrons. The fourth-order valence-electron chi connectivity index (χ4n) is 2.61. The van der Waals surface area contributed by atoms with Gasteiger partial charge in [-0.25, -0.2) is 4.98 Å². The Hall–Kier alpha value is -0.538. The van der Waals surface area contributed by atoms with Gasteiger partial charge in [0.1, 0.15) is 5.82 Å². The Morgan fingerprint density at radius 2 is 1.64 bits per heavy atom. The number of anilines is 1. The predicted molar refractivity (Wildman–Crippen MR) is 84.0 cm³/mol. The molecule has 1 aromatic heterocycles.